The van der Waals surface area contributed by atoms with E-state index in [2.05, 4.69) is 37.2 Å². The molecule has 0 bridgehead atoms. The summed E-state index contributed by atoms with van der Waals surface area (Å²) in [5.41, 5.74) is 2.67. The topological polar surface area (TPSA) is 105 Å². The highest BCUT2D eigenvalue weighted by Gasteiger charge is 2.20. The van der Waals surface area contributed by atoms with Crippen molar-refractivity contribution in [2.24, 2.45) is 0 Å². The van der Waals surface area contributed by atoms with Crippen LogP contribution in [0.25, 0.3) is 6.08 Å². The van der Waals surface area contributed by atoms with E-state index in [1.54, 1.807) is 12.1 Å². The van der Waals surface area contributed by atoms with E-state index in [1.165, 1.54) is 43.5 Å². The standard InChI is InChI=1S/C25H20Br2N2O5S/c1-15-4-7-19(8-5-15)35(31,32)34-22-9-6-17(13-23(22)33-3)12-18(14-28)25(30)29-24-20(26)10-16(2)11-21(24)27/h4-13H,1-3H3,(H,29,30)/b18-12+. The van der Waals surface area contributed by atoms with Crippen molar-refractivity contribution in [3.63, 3.8) is 0 Å². The number of halogens is 2. The van der Waals surface area contributed by atoms with Crippen LogP contribution in [-0.2, 0) is 14.9 Å². The zero-order valence-corrected chi connectivity index (χ0v) is 22.9. The van der Waals surface area contributed by atoms with Crippen LogP contribution in [0.5, 0.6) is 11.5 Å². The Balaban J connectivity index is 1.87. The molecule has 0 aromatic heterocycles. The number of nitrogens with zero attached hydrogens (tertiary/aromatic N) is 1. The largest absolute Gasteiger partial charge is 0.493 e. The molecule has 0 fully saturated rings. The third kappa shape index (κ3) is 6.51. The maximum Gasteiger partial charge on any atom is 0.339 e. The molecule has 0 radical (unpaired) electrons. The van der Waals surface area contributed by atoms with Crippen molar-refractivity contribution in [3.8, 4) is 17.6 Å². The average molecular weight is 620 g/mol. The first-order valence-corrected chi connectivity index (χ1v) is 13.1. The number of hydrogen-bond acceptors (Lipinski definition) is 6. The lowest BCUT2D eigenvalue weighted by Gasteiger charge is -2.12. The highest BCUT2D eigenvalue weighted by Crippen LogP contribution is 2.34. The summed E-state index contributed by atoms with van der Waals surface area (Å²) in [5.74, 6) is -0.518. The van der Waals surface area contributed by atoms with Gasteiger partial charge in [-0.15, -0.1) is 0 Å². The van der Waals surface area contributed by atoms with Gasteiger partial charge >= 0.3 is 10.1 Å². The first-order valence-electron chi connectivity index (χ1n) is 10.1. The third-order valence-electron chi connectivity index (χ3n) is 4.80. The summed E-state index contributed by atoms with van der Waals surface area (Å²) in [6.45, 7) is 3.76. The van der Waals surface area contributed by atoms with E-state index in [1.807, 2.05) is 32.0 Å². The van der Waals surface area contributed by atoms with Crippen LogP contribution in [0, 0.1) is 25.2 Å². The van der Waals surface area contributed by atoms with Gasteiger partial charge in [0.1, 0.15) is 16.5 Å². The minimum Gasteiger partial charge on any atom is -0.493 e. The Morgan fingerprint density at radius 1 is 0.971 bits per heavy atom. The van der Waals surface area contributed by atoms with Gasteiger partial charge in [0.15, 0.2) is 11.5 Å². The van der Waals surface area contributed by atoms with Crippen LogP contribution in [0.15, 0.2) is 74.0 Å². The van der Waals surface area contributed by atoms with Gasteiger partial charge in [0, 0.05) is 8.95 Å². The van der Waals surface area contributed by atoms with E-state index in [0.29, 0.717) is 20.2 Å². The molecule has 3 rings (SSSR count). The molecule has 0 aliphatic carbocycles. The second-order valence-corrected chi connectivity index (χ2v) is 10.7. The molecule has 0 atom stereocenters. The van der Waals surface area contributed by atoms with E-state index in [0.717, 1.165) is 11.1 Å². The lowest BCUT2D eigenvalue weighted by Crippen LogP contribution is -2.14. The van der Waals surface area contributed by atoms with Crippen molar-refractivity contribution in [3.05, 3.63) is 85.8 Å². The molecule has 0 saturated carbocycles. The number of hydrogen-bond donors (Lipinski definition) is 1. The van der Waals surface area contributed by atoms with Gasteiger partial charge in [-0.2, -0.15) is 13.7 Å². The molecule has 0 aliphatic heterocycles. The van der Waals surface area contributed by atoms with Crippen molar-refractivity contribution < 1.29 is 22.1 Å². The van der Waals surface area contributed by atoms with Gasteiger partial charge in [-0.05, 0) is 99.3 Å². The Hall–Kier alpha value is -3.13. The maximum absolute atomic E-state index is 12.7. The number of carbonyl (C=O) groups is 1. The molecule has 0 aliphatic rings. The molecule has 180 valence electrons. The second kappa shape index (κ2) is 11.1. The van der Waals surface area contributed by atoms with Crippen LogP contribution >= 0.6 is 31.9 Å². The quantitative estimate of drug-likeness (QED) is 0.193. The fourth-order valence-electron chi connectivity index (χ4n) is 3.03. The first-order chi connectivity index (χ1) is 16.5. The Bertz CT molecular complexity index is 1440. The summed E-state index contributed by atoms with van der Waals surface area (Å²) in [6.07, 6.45) is 1.37. The summed E-state index contributed by atoms with van der Waals surface area (Å²) < 4.78 is 37.1. The average Bonchev–Trinajstić information content (AvgIpc) is 2.80. The number of methoxy groups -OCH3 is 1. The maximum atomic E-state index is 12.7. The Morgan fingerprint density at radius 2 is 1.60 bits per heavy atom. The van der Waals surface area contributed by atoms with Crippen molar-refractivity contribution in [1.29, 1.82) is 5.26 Å². The molecular formula is C25H20Br2N2O5S. The van der Waals surface area contributed by atoms with Crippen LogP contribution in [0.1, 0.15) is 16.7 Å². The van der Waals surface area contributed by atoms with Gasteiger partial charge in [0.2, 0.25) is 0 Å². The van der Waals surface area contributed by atoms with Gasteiger partial charge in [-0.25, -0.2) is 0 Å². The van der Waals surface area contributed by atoms with Crippen molar-refractivity contribution >= 4 is 59.6 Å². The summed E-state index contributed by atoms with van der Waals surface area (Å²) in [5, 5.41) is 12.3. The molecule has 1 N–H and O–H groups in total. The van der Waals surface area contributed by atoms with Crippen LogP contribution in [0.4, 0.5) is 5.69 Å². The predicted molar refractivity (Wildman–Crippen MR) is 141 cm³/mol. The molecule has 1 amide bonds. The molecule has 3 aromatic carbocycles. The van der Waals surface area contributed by atoms with E-state index < -0.39 is 16.0 Å². The van der Waals surface area contributed by atoms with Crippen molar-refractivity contribution in [2.45, 2.75) is 18.7 Å². The zero-order chi connectivity index (χ0) is 25.8. The number of ether oxygens (including phenoxy) is 1. The molecule has 3 aromatic rings. The summed E-state index contributed by atoms with van der Waals surface area (Å²) in [4.78, 5) is 12.8. The number of rotatable bonds is 7. The lowest BCUT2D eigenvalue weighted by atomic mass is 10.1. The molecule has 7 nitrogen and oxygen atoms in total. The van der Waals surface area contributed by atoms with Crippen LogP contribution in [0.3, 0.4) is 0 Å². The number of anilines is 1. The monoisotopic (exact) mass is 618 g/mol. The third-order valence-corrected chi connectivity index (χ3v) is 7.30. The Kier molecular flexibility index (Phi) is 8.38. The number of amides is 1. The summed E-state index contributed by atoms with van der Waals surface area (Å²) in [7, 11) is -2.72. The molecule has 0 spiro atoms. The molecule has 0 heterocycles. The highest BCUT2D eigenvalue weighted by molar-refractivity contribution is 9.11. The van der Waals surface area contributed by atoms with Crippen LogP contribution < -0.4 is 14.2 Å². The van der Waals surface area contributed by atoms with Gasteiger partial charge in [-0.1, -0.05) is 23.8 Å². The second-order valence-electron chi connectivity index (χ2n) is 7.49. The smallest absolute Gasteiger partial charge is 0.339 e. The Morgan fingerprint density at radius 3 is 2.17 bits per heavy atom. The van der Waals surface area contributed by atoms with Gasteiger partial charge in [0.25, 0.3) is 5.91 Å². The van der Waals surface area contributed by atoms with E-state index in [4.69, 9.17) is 8.92 Å². The van der Waals surface area contributed by atoms with Crippen molar-refractivity contribution in [2.75, 3.05) is 12.4 Å². The number of benzene rings is 3. The molecule has 35 heavy (non-hydrogen) atoms. The van der Waals surface area contributed by atoms with Gasteiger partial charge < -0.3 is 14.2 Å². The molecule has 10 heteroatoms. The fraction of sp³-hybridized carbons (Fsp3) is 0.120. The van der Waals surface area contributed by atoms with Crippen molar-refractivity contribution in [1.82, 2.24) is 0 Å². The predicted octanol–water partition coefficient (Wildman–Crippen LogP) is 6.15. The highest BCUT2D eigenvalue weighted by atomic mass is 79.9. The van der Waals surface area contributed by atoms with Crippen LogP contribution in [-0.4, -0.2) is 21.4 Å². The number of nitrogens with one attached hydrogen (secondary N) is 1. The summed E-state index contributed by atoms with van der Waals surface area (Å²) in [6, 6.07) is 16.2. The van der Waals surface area contributed by atoms with Gasteiger partial charge in [0.05, 0.1) is 12.8 Å². The van der Waals surface area contributed by atoms with Gasteiger partial charge in [-0.3, -0.25) is 4.79 Å². The zero-order valence-electron chi connectivity index (χ0n) is 18.9. The normalized spacial score (nSPS) is 11.5. The SMILES string of the molecule is COc1cc(/C=C(\C#N)C(=O)Nc2c(Br)cc(C)cc2Br)ccc1OS(=O)(=O)c1ccc(C)cc1. The number of carbonyl (C=O) groups excluding carboxylic acids is 1. The molecule has 0 unspecified atom stereocenters. The molecule has 0 saturated heterocycles. The van der Waals surface area contributed by atoms with E-state index in [-0.39, 0.29) is 22.0 Å². The first kappa shape index (κ1) is 26.5. The van der Waals surface area contributed by atoms with E-state index >= 15 is 0 Å². The lowest BCUT2D eigenvalue weighted by molar-refractivity contribution is -0.112. The number of aryl methyl sites for hydroxylation is 2. The van der Waals surface area contributed by atoms with E-state index in [9.17, 15) is 18.5 Å². The fourth-order valence-corrected chi connectivity index (χ4v) is 5.58. The minimum atomic E-state index is -4.08. The minimum absolute atomic E-state index is 0.00555. The van der Waals surface area contributed by atoms with Crippen LogP contribution in [0.2, 0.25) is 0 Å². The summed E-state index contributed by atoms with van der Waals surface area (Å²) >= 11 is 6.82. The molecular weight excluding hydrogens is 600 g/mol. The number of nitriles is 1. The Labute approximate surface area is 220 Å².